The molecule has 2 aromatic rings. The second-order valence-electron chi connectivity index (χ2n) is 5.29. The number of halogens is 2. The van der Waals surface area contributed by atoms with Crippen LogP contribution in [0.25, 0.3) is 0 Å². The highest BCUT2D eigenvalue weighted by Gasteiger charge is 2.17. The van der Waals surface area contributed by atoms with Crippen molar-refractivity contribution in [1.82, 2.24) is 0 Å². The van der Waals surface area contributed by atoms with E-state index in [9.17, 15) is 13.6 Å². The van der Waals surface area contributed by atoms with Gasteiger partial charge in [-0.2, -0.15) is 0 Å². The van der Waals surface area contributed by atoms with Gasteiger partial charge in [0, 0.05) is 13.1 Å². The Morgan fingerprint density at radius 2 is 1.62 bits per heavy atom. The van der Waals surface area contributed by atoms with Crippen molar-refractivity contribution in [2.45, 2.75) is 0 Å². The van der Waals surface area contributed by atoms with Crippen LogP contribution in [-0.2, 0) is 4.74 Å². The van der Waals surface area contributed by atoms with Gasteiger partial charge >= 0.3 is 6.03 Å². The number of para-hydroxylation sites is 3. The van der Waals surface area contributed by atoms with E-state index in [1.165, 1.54) is 6.07 Å². The fourth-order valence-electron chi connectivity index (χ4n) is 2.54. The van der Waals surface area contributed by atoms with Gasteiger partial charge in [-0.05, 0) is 24.3 Å². The Morgan fingerprint density at radius 1 is 0.958 bits per heavy atom. The summed E-state index contributed by atoms with van der Waals surface area (Å²) in [5.74, 6) is -1.65. The summed E-state index contributed by atoms with van der Waals surface area (Å²) >= 11 is 0. The summed E-state index contributed by atoms with van der Waals surface area (Å²) in [5, 5.41) is 4.86. The number of benzene rings is 2. The Morgan fingerprint density at radius 3 is 2.33 bits per heavy atom. The van der Waals surface area contributed by atoms with Crippen LogP contribution < -0.4 is 15.5 Å². The van der Waals surface area contributed by atoms with Crippen LogP contribution in [0.4, 0.5) is 30.6 Å². The highest BCUT2D eigenvalue weighted by Crippen LogP contribution is 2.27. The van der Waals surface area contributed by atoms with Crippen molar-refractivity contribution in [3.05, 3.63) is 54.1 Å². The van der Waals surface area contributed by atoms with Crippen molar-refractivity contribution < 1.29 is 18.3 Å². The van der Waals surface area contributed by atoms with E-state index in [0.717, 1.165) is 17.8 Å². The van der Waals surface area contributed by atoms with Crippen molar-refractivity contribution >= 4 is 23.1 Å². The molecular weight excluding hydrogens is 316 g/mol. The topological polar surface area (TPSA) is 53.6 Å². The number of carbonyl (C=O) groups is 1. The lowest BCUT2D eigenvalue weighted by molar-refractivity contribution is 0.123. The maximum absolute atomic E-state index is 13.6. The lowest BCUT2D eigenvalue weighted by atomic mass is 10.2. The highest BCUT2D eigenvalue weighted by atomic mass is 19.1. The molecule has 0 unspecified atom stereocenters. The molecule has 1 aliphatic rings. The quantitative estimate of drug-likeness (QED) is 0.905. The Bertz CT molecular complexity index is 713. The van der Waals surface area contributed by atoms with Crippen LogP contribution in [0, 0.1) is 11.6 Å². The average molecular weight is 333 g/mol. The first-order valence-corrected chi connectivity index (χ1v) is 7.59. The van der Waals surface area contributed by atoms with Crippen molar-refractivity contribution in [1.29, 1.82) is 0 Å². The fourth-order valence-corrected chi connectivity index (χ4v) is 2.54. The zero-order valence-electron chi connectivity index (χ0n) is 12.9. The molecule has 1 saturated heterocycles. The number of nitrogens with one attached hydrogen (secondary N) is 2. The molecule has 1 fully saturated rings. The first kappa shape index (κ1) is 16.2. The fraction of sp³-hybridized carbons (Fsp3) is 0.235. The number of ether oxygens (including phenoxy) is 1. The van der Waals surface area contributed by atoms with Gasteiger partial charge in [-0.1, -0.05) is 18.2 Å². The van der Waals surface area contributed by atoms with E-state index in [4.69, 9.17) is 4.74 Å². The molecule has 0 spiro atoms. The van der Waals surface area contributed by atoms with E-state index in [2.05, 4.69) is 15.5 Å². The third kappa shape index (κ3) is 3.62. The monoisotopic (exact) mass is 333 g/mol. The number of anilines is 3. The van der Waals surface area contributed by atoms with Gasteiger partial charge in [0.05, 0.1) is 24.6 Å². The van der Waals surface area contributed by atoms with Gasteiger partial charge in [-0.15, -0.1) is 0 Å². The summed E-state index contributed by atoms with van der Waals surface area (Å²) in [7, 11) is 0. The number of rotatable bonds is 3. The molecule has 1 heterocycles. The molecule has 24 heavy (non-hydrogen) atoms. The smallest absolute Gasteiger partial charge is 0.323 e. The molecule has 126 valence electrons. The zero-order valence-corrected chi connectivity index (χ0v) is 12.9. The van der Waals surface area contributed by atoms with E-state index >= 15 is 0 Å². The van der Waals surface area contributed by atoms with Crippen LogP contribution in [0.15, 0.2) is 42.5 Å². The third-order valence-corrected chi connectivity index (χ3v) is 3.71. The Kier molecular flexibility index (Phi) is 4.90. The van der Waals surface area contributed by atoms with Crippen LogP contribution >= 0.6 is 0 Å². The van der Waals surface area contributed by atoms with Gasteiger partial charge in [0.25, 0.3) is 0 Å². The first-order valence-electron chi connectivity index (χ1n) is 7.59. The molecule has 3 rings (SSSR count). The summed E-state index contributed by atoms with van der Waals surface area (Å²) in [6.45, 7) is 2.65. The number of hydrogen-bond acceptors (Lipinski definition) is 3. The van der Waals surface area contributed by atoms with Gasteiger partial charge in [-0.3, -0.25) is 0 Å². The number of carbonyl (C=O) groups excluding carboxylic acids is 1. The molecular formula is C17H17F2N3O2. The third-order valence-electron chi connectivity index (χ3n) is 3.71. The lowest BCUT2D eigenvalue weighted by Gasteiger charge is -2.30. The molecule has 7 heteroatoms. The number of urea groups is 1. The van der Waals surface area contributed by atoms with Crippen LogP contribution in [0.3, 0.4) is 0 Å². The highest BCUT2D eigenvalue weighted by molar-refractivity contribution is 6.02. The van der Waals surface area contributed by atoms with E-state index < -0.39 is 23.4 Å². The summed E-state index contributed by atoms with van der Waals surface area (Å²) in [6.07, 6.45) is 0. The first-order chi connectivity index (χ1) is 11.6. The van der Waals surface area contributed by atoms with Crippen molar-refractivity contribution in [3.8, 4) is 0 Å². The maximum atomic E-state index is 13.6. The van der Waals surface area contributed by atoms with Crippen molar-refractivity contribution in [3.63, 3.8) is 0 Å². The molecule has 0 aliphatic carbocycles. The standard InChI is InChI=1S/C17H17F2N3O2/c18-12-4-3-5-13(19)16(12)21-17(23)20-14-6-1-2-7-15(14)22-8-10-24-11-9-22/h1-7H,8-11H2,(H2,20,21,23). The molecule has 0 aromatic heterocycles. The molecule has 5 nitrogen and oxygen atoms in total. The molecule has 0 atom stereocenters. The Hall–Kier alpha value is -2.67. The maximum Gasteiger partial charge on any atom is 0.323 e. The minimum absolute atomic E-state index is 0.473. The summed E-state index contributed by atoms with van der Waals surface area (Å²) in [5.41, 5.74) is 0.928. The predicted octanol–water partition coefficient (Wildman–Crippen LogP) is 3.45. The normalized spacial score (nSPS) is 14.3. The van der Waals surface area contributed by atoms with E-state index in [-0.39, 0.29) is 0 Å². The van der Waals surface area contributed by atoms with Gasteiger partial charge in [0.1, 0.15) is 17.3 Å². The minimum Gasteiger partial charge on any atom is -0.378 e. The van der Waals surface area contributed by atoms with E-state index in [0.29, 0.717) is 32.0 Å². The minimum atomic E-state index is -0.827. The molecule has 2 N–H and O–H groups in total. The second kappa shape index (κ2) is 7.27. The summed E-state index contributed by atoms with van der Waals surface area (Å²) < 4.78 is 32.6. The van der Waals surface area contributed by atoms with E-state index in [1.807, 2.05) is 12.1 Å². The van der Waals surface area contributed by atoms with Crippen LogP contribution in [0.1, 0.15) is 0 Å². The van der Waals surface area contributed by atoms with Crippen molar-refractivity contribution in [2.75, 3.05) is 41.8 Å². The number of morpholine rings is 1. The lowest BCUT2D eigenvalue weighted by Crippen LogP contribution is -2.37. The average Bonchev–Trinajstić information content (AvgIpc) is 2.60. The summed E-state index contributed by atoms with van der Waals surface area (Å²) in [6, 6.07) is 9.96. The molecule has 2 amide bonds. The van der Waals surface area contributed by atoms with Gasteiger partial charge in [-0.25, -0.2) is 13.6 Å². The molecule has 2 aromatic carbocycles. The molecule has 1 aliphatic heterocycles. The predicted molar refractivity (Wildman–Crippen MR) is 88.5 cm³/mol. The second-order valence-corrected chi connectivity index (χ2v) is 5.29. The molecule has 0 saturated carbocycles. The Balaban J connectivity index is 1.75. The van der Waals surface area contributed by atoms with Crippen LogP contribution in [0.5, 0.6) is 0 Å². The molecule has 0 radical (unpaired) electrons. The SMILES string of the molecule is O=C(Nc1ccccc1N1CCOCC1)Nc1c(F)cccc1F. The largest absolute Gasteiger partial charge is 0.378 e. The van der Waals surface area contributed by atoms with Crippen LogP contribution in [-0.4, -0.2) is 32.3 Å². The van der Waals surface area contributed by atoms with Gasteiger partial charge < -0.3 is 20.3 Å². The number of nitrogens with zero attached hydrogens (tertiary/aromatic N) is 1. The number of amides is 2. The van der Waals surface area contributed by atoms with Crippen molar-refractivity contribution in [2.24, 2.45) is 0 Å². The number of hydrogen-bond donors (Lipinski definition) is 2. The molecule has 0 bridgehead atoms. The van der Waals surface area contributed by atoms with Gasteiger partial charge in [0.2, 0.25) is 0 Å². The zero-order chi connectivity index (χ0) is 16.9. The van der Waals surface area contributed by atoms with E-state index in [1.54, 1.807) is 12.1 Å². The summed E-state index contributed by atoms with van der Waals surface area (Å²) in [4.78, 5) is 14.2. The Labute approximate surface area is 138 Å². The van der Waals surface area contributed by atoms with Gasteiger partial charge in [0.15, 0.2) is 0 Å². The van der Waals surface area contributed by atoms with Crippen LogP contribution in [0.2, 0.25) is 0 Å².